The van der Waals surface area contributed by atoms with Crippen LogP contribution in [0.3, 0.4) is 0 Å². The third-order valence-electron chi connectivity index (χ3n) is 13.0. The van der Waals surface area contributed by atoms with E-state index >= 15 is 0 Å². The Morgan fingerprint density at radius 1 is 0.418 bits per heavy atom. The van der Waals surface area contributed by atoms with Gasteiger partial charge in [0.1, 0.15) is 18.8 Å². The lowest BCUT2D eigenvalue weighted by molar-refractivity contribution is -0.301. The molecular formula is C67H106O12. The zero-order valence-electron chi connectivity index (χ0n) is 49.1. The van der Waals surface area contributed by atoms with Crippen LogP contribution in [0.15, 0.2) is 122 Å². The zero-order valence-corrected chi connectivity index (χ0v) is 49.1. The first-order chi connectivity index (χ1) is 38.6. The first-order valence-electron chi connectivity index (χ1n) is 30.5. The molecule has 0 bridgehead atoms. The smallest absolute Gasteiger partial charge is 0.335 e. The van der Waals surface area contributed by atoms with Gasteiger partial charge in [-0.05, 0) is 122 Å². The number of unbranched alkanes of at least 4 members (excludes halogenated alkanes) is 16. The van der Waals surface area contributed by atoms with E-state index in [1.807, 2.05) is 0 Å². The van der Waals surface area contributed by atoms with Crippen molar-refractivity contribution in [2.24, 2.45) is 0 Å². The number of ether oxygens (including phenoxy) is 5. The Kier molecular flexibility index (Phi) is 49.1. The summed E-state index contributed by atoms with van der Waals surface area (Å²) in [5.74, 6) is -3.20. The van der Waals surface area contributed by atoms with Crippen LogP contribution in [-0.2, 0) is 42.9 Å². The van der Waals surface area contributed by atoms with Crippen LogP contribution in [0.1, 0.15) is 226 Å². The quantitative estimate of drug-likeness (QED) is 0.0228. The molecule has 12 nitrogen and oxygen atoms in total. The van der Waals surface area contributed by atoms with E-state index in [1.165, 1.54) is 0 Å². The second-order valence-electron chi connectivity index (χ2n) is 20.2. The van der Waals surface area contributed by atoms with Gasteiger partial charge in [-0.15, -0.1) is 0 Å². The van der Waals surface area contributed by atoms with Crippen molar-refractivity contribution in [3.63, 3.8) is 0 Å². The molecule has 0 aromatic rings. The highest BCUT2D eigenvalue weighted by Crippen LogP contribution is 2.26. The number of aliphatic hydroxyl groups excluding tert-OH is 2. The number of hydrogen-bond acceptors (Lipinski definition) is 11. The molecule has 0 aromatic heterocycles. The topological polar surface area (TPSA) is 175 Å². The van der Waals surface area contributed by atoms with Crippen LogP contribution < -0.4 is 0 Å². The van der Waals surface area contributed by atoms with Crippen LogP contribution in [0.25, 0.3) is 0 Å². The van der Waals surface area contributed by atoms with Gasteiger partial charge in [-0.25, -0.2) is 4.79 Å². The summed E-state index contributed by atoms with van der Waals surface area (Å²) >= 11 is 0. The number of allylic oxidation sites excluding steroid dienone is 20. The minimum absolute atomic E-state index is 0.0382. The molecule has 1 rings (SSSR count). The van der Waals surface area contributed by atoms with Crippen LogP contribution in [-0.4, -0.2) is 89.2 Å². The Balaban J connectivity index is 2.72. The van der Waals surface area contributed by atoms with Gasteiger partial charge in [0.2, 0.25) is 0 Å². The maximum absolute atomic E-state index is 13.2. The van der Waals surface area contributed by atoms with E-state index < -0.39 is 67.3 Å². The van der Waals surface area contributed by atoms with Crippen LogP contribution in [0.5, 0.6) is 0 Å². The molecule has 446 valence electrons. The summed E-state index contributed by atoms with van der Waals surface area (Å²) in [5.41, 5.74) is 0. The Morgan fingerprint density at radius 2 is 0.759 bits per heavy atom. The van der Waals surface area contributed by atoms with Crippen molar-refractivity contribution in [3.8, 4) is 0 Å². The van der Waals surface area contributed by atoms with E-state index in [2.05, 4.69) is 142 Å². The maximum Gasteiger partial charge on any atom is 0.335 e. The number of hydrogen-bond donors (Lipinski definition) is 3. The number of aliphatic carboxylic acids is 1. The van der Waals surface area contributed by atoms with Crippen molar-refractivity contribution < 1.29 is 58.2 Å². The number of carbonyl (C=O) groups excluding carboxylic acids is 3. The Bertz CT molecular complexity index is 1840. The van der Waals surface area contributed by atoms with Crippen molar-refractivity contribution in [2.75, 3.05) is 13.2 Å². The van der Waals surface area contributed by atoms with Gasteiger partial charge in [-0.3, -0.25) is 14.4 Å². The number of carboxylic acid groups (broad SMARTS) is 1. The molecule has 79 heavy (non-hydrogen) atoms. The summed E-state index contributed by atoms with van der Waals surface area (Å²) in [6, 6.07) is 0. The highest BCUT2D eigenvalue weighted by Gasteiger charge is 2.50. The van der Waals surface area contributed by atoms with Gasteiger partial charge in [0.05, 0.1) is 6.61 Å². The van der Waals surface area contributed by atoms with Gasteiger partial charge in [-0.1, -0.05) is 206 Å². The van der Waals surface area contributed by atoms with E-state index in [1.54, 1.807) is 0 Å². The fourth-order valence-electron chi connectivity index (χ4n) is 8.45. The third-order valence-corrected chi connectivity index (χ3v) is 13.0. The Labute approximate surface area is 478 Å². The largest absolute Gasteiger partial charge is 0.479 e. The minimum atomic E-state index is -1.92. The van der Waals surface area contributed by atoms with Crippen molar-refractivity contribution in [2.45, 2.75) is 263 Å². The van der Waals surface area contributed by atoms with Crippen molar-refractivity contribution >= 4 is 23.9 Å². The van der Waals surface area contributed by atoms with Crippen molar-refractivity contribution in [1.29, 1.82) is 0 Å². The molecule has 0 aromatic carbocycles. The molecule has 0 aliphatic carbocycles. The van der Waals surface area contributed by atoms with Gasteiger partial charge in [0.25, 0.3) is 0 Å². The predicted molar refractivity (Wildman–Crippen MR) is 321 cm³/mol. The standard InChI is InChI=1S/C67H106O12/c1-4-7-10-13-16-19-22-25-28-30-33-35-38-41-44-47-50-53-59(68)75-56-58(77-60(69)54-51-48-45-42-39-36-32-27-24-21-18-15-12-9-6-3)57-76-67-65(63(72)62(71)64(79-67)66(73)74)78-61(70)55-52-49-46-43-40-37-34-31-29-26-23-20-17-14-11-8-5-2/h7-12,16-21,25-29,32-33,35,58,62-65,67,71-72H,4-6,13-15,22-24,30-31,34,36-57H2,1-3H3,(H,73,74)/b10-7-,11-8-,12-9-,19-16-,20-17-,21-18-,28-25-,29-26-,32-27-,35-33-. The molecule has 1 aliphatic heterocycles. The summed E-state index contributed by atoms with van der Waals surface area (Å²) in [5, 5.41) is 31.5. The van der Waals surface area contributed by atoms with Gasteiger partial charge < -0.3 is 39.0 Å². The molecule has 6 unspecified atom stereocenters. The first kappa shape index (κ1) is 72.1. The van der Waals surface area contributed by atoms with Gasteiger partial charge in [-0.2, -0.15) is 0 Å². The normalized spacial score (nSPS) is 18.7. The number of rotatable bonds is 50. The average Bonchev–Trinajstić information content (AvgIpc) is 3.47. The maximum atomic E-state index is 13.2. The zero-order chi connectivity index (χ0) is 57.5. The fourth-order valence-corrected chi connectivity index (χ4v) is 8.45. The fraction of sp³-hybridized carbons (Fsp3) is 0.642. The number of esters is 3. The molecule has 1 fully saturated rings. The van der Waals surface area contributed by atoms with Gasteiger partial charge >= 0.3 is 23.9 Å². The lowest BCUT2D eigenvalue weighted by atomic mass is 9.98. The van der Waals surface area contributed by atoms with Crippen molar-refractivity contribution in [1.82, 2.24) is 0 Å². The van der Waals surface area contributed by atoms with E-state index in [0.29, 0.717) is 19.3 Å². The molecule has 1 aliphatic rings. The highest BCUT2D eigenvalue weighted by atomic mass is 16.7. The molecule has 0 radical (unpaired) electrons. The second-order valence-corrected chi connectivity index (χ2v) is 20.2. The monoisotopic (exact) mass is 1100 g/mol. The summed E-state index contributed by atoms with van der Waals surface area (Å²) in [7, 11) is 0. The molecule has 1 heterocycles. The molecule has 1 saturated heterocycles. The second kappa shape index (κ2) is 53.7. The number of carbonyl (C=O) groups is 4. The summed E-state index contributed by atoms with van der Waals surface area (Å²) in [6.45, 7) is 5.62. The Morgan fingerprint density at radius 3 is 1.15 bits per heavy atom. The lowest BCUT2D eigenvalue weighted by Gasteiger charge is -2.40. The molecule has 0 amide bonds. The predicted octanol–water partition coefficient (Wildman–Crippen LogP) is 16.0. The van der Waals surface area contributed by atoms with Crippen LogP contribution in [0.2, 0.25) is 0 Å². The van der Waals surface area contributed by atoms with Gasteiger partial charge in [0.15, 0.2) is 24.6 Å². The van der Waals surface area contributed by atoms with E-state index in [4.69, 9.17) is 23.7 Å². The summed E-state index contributed by atoms with van der Waals surface area (Å²) in [4.78, 5) is 51.2. The number of carboxylic acids is 1. The molecular weight excluding hydrogens is 997 g/mol. The van der Waals surface area contributed by atoms with Gasteiger partial charge in [0, 0.05) is 19.3 Å². The summed E-state index contributed by atoms with van der Waals surface area (Å²) < 4.78 is 28.4. The molecule has 6 atom stereocenters. The minimum Gasteiger partial charge on any atom is -0.479 e. The van der Waals surface area contributed by atoms with Crippen LogP contribution >= 0.6 is 0 Å². The van der Waals surface area contributed by atoms with E-state index in [0.717, 1.165) is 167 Å². The van der Waals surface area contributed by atoms with Crippen LogP contribution in [0.4, 0.5) is 0 Å². The molecule has 0 spiro atoms. The van der Waals surface area contributed by atoms with Crippen LogP contribution in [0, 0.1) is 0 Å². The average molecular weight is 1100 g/mol. The SMILES string of the molecule is CC/C=C\C/C=C\C/C=C\C/C=C\CCCCCCC(=O)OCC(COC1OC(C(=O)O)C(O)C(O)C1OC(=O)CCCCCCCCC/C=C\C/C=C\C/C=C\CC)OC(=O)CCCCCCC/C=C\C/C=C\C/C=C\CC. The molecule has 12 heteroatoms. The molecule has 3 N–H and O–H groups in total. The number of aliphatic hydroxyl groups is 2. The highest BCUT2D eigenvalue weighted by molar-refractivity contribution is 5.74. The Hall–Kier alpha value is -4.88. The van der Waals surface area contributed by atoms with E-state index in [-0.39, 0.29) is 25.9 Å². The van der Waals surface area contributed by atoms with E-state index in [9.17, 15) is 34.5 Å². The first-order valence-corrected chi connectivity index (χ1v) is 30.5. The summed E-state index contributed by atoms with van der Waals surface area (Å²) in [6.07, 6.45) is 61.6. The lowest BCUT2D eigenvalue weighted by Crippen LogP contribution is -2.61. The van der Waals surface area contributed by atoms with Crippen molar-refractivity contribution in [3.05, 3.63) is 122 Å². The molecule has 0 saturated carbocycles. The third kappa shape index (κ3) is 43.6.